The van der Waals surface area contributed by atoms with E-state index in [1.807, 2.05) is 0 Å². The van der Waals surface area contributed by atoms with Crippen molar-refractivity contribution in [2.45, 2.75) is 0 Å². The Morgan fingerprint density at radius 2 is 0.571 bits per heavy atom. The minimum absolute atomic E-state index is 0. The Kier molecular flexibility index (Phi) is 8540. The summed E-state index contributed by atoms with van der Waals surface area (Å²) in [5.74, 6) is 9.75. The van der Waals surface area contributed by atoms with Gasteiger partial charge >= 0.3 is 0 Å². The fraction of sp³-hybridized carbons (Fsp3) is 0. The molecule has 0 amide bonds. The van der Waals surface area contributed by atoms with Gasteiger partial charge in [0, 0.05) is 17.1 Å². The summed E-state index contributed by atoms with van der Waals surface area (Å²) in [4.78, 5) is 0. The van der Waals surface area contributed by atoms with Gasteiger partial charge in [0.15, 0.2) is 0 Å². The van der Waals surface area contributed by atoms with Crippen LogP contribution < -0.4 is 17.7 Å². The number of nitrogens with two attached hydrogens (primary N) is 3. The van der Waals surface area contributed by atoms with Crippen molar-refractivity contribution in [2.75, 3.05) is 0 Å². The maximum absolute atomic E-state index is 7.75. The summed E-state index contributed by atoms with van der Waals surface area (Å²) in [7, 11) is 0. The summed E-state index contributed by atoms with van der Waals surface area (Å²) in [5.41, 5.74) is 0. The molecule has 53 valence electrons. The van der Waals surface area contributed by atoms with Crippen LogP contribution in [0.4, 0.5) is 0 Å². The van der Waals surface area contributed by atoms with Crippen LogP contribution in [-0.2, 0) is 17.1 Å². The van der Waals surface area contributed by atoms with E-state index in [9.17, 15) is 0 Å². The fourth-order valence-electron chi connectivity index (χ4n) is 0. The largest absolute Gasteiger partial charge is 0.790 e. The van der Waals surface area contributed by atoms with E-state index in [1.165, 1.54) is 0 Å². The zero-order chi connectivity index (χ0) is 6.00. The van der Waals surface area contributed by atoms with Crippen molar-refractivity contribution in [3.63, 3.8) is 0 Å². The van der Waals surface area contributed by atoms with Crippen molar-refractivity contribution in [2.24, 2.45) is 17.7 Å². The Bertz CT molecular complexity index is 10.1. The predicted molar refractivity (Wildman–Crippen MR) is 22.7 cm³/mol. The van der Waals surface area contributed by atoms with E-state index in [0.29, 0.717) is 0 Å². The Labute approximate surface area is 51.2 Å². The third-order valence-electron chi connectivity index (χ3n) is 0. The van der Waals surface area contributed by atoms with Crippen LogP contribution in [-0.4, -0.2) is 0 Å². The van der Waals surface area contributed by atoms with E-state index < -0.39 is 0 Å². The summed E-state index contributed by atoms with van der Waals surface area (Å²) in [6.07, 6.45) is 0. The molecule has 0 atom stereocenters. The van der Waals surface area contributed by atoms with Crippen molar-refractivity contribution < 1.29 is 17.1 Å². The molecule has 0 fully saturated rings. The molecule has 0 rings (SSSR count). The van der Waals surface area contributed by atoms with Gasteiger partial charge in [-0.2, -0.15) is 0 Å². The molecule has 0 aliphatic rings. The minimum Gasteiger partial charge on any atom is -0.790 e. The number of rotatable bonds is 0. The van der Waals surface area contributed by atoms with Crippen LogP contribution in [0.25, 0.3) is 0 Å². The van der Waals surface area contributed by atoms with Gasteiger partial charge in [-0.15, -0.1) is 0 Å². The smallest absolute Gasteiger partial charge is 0 e. The monoisotopic (exact) mass is 159 g/mol. The van der Waals surface area contributed by atoms with Gasteiger partial charge in [0.1, 0.15) is 0 Å². The molecule has 0 aromatic rings. The summed E-state index contributed by atoms with van der Waals surface area (Å²) in [6, 6.07) is 0. The average Bonchev–Trinajstić information content (AvgIpc) is 1.81. The summed E-state index contributed by atoms with van der Waals surface area (Å²) in [6.45, 7) is 0. The molecule has 0 aliphatic carbocycles. The molecule has 0 bridgehead atoms. The topological polar surface area (TPSA) is 147 Å². The van der Waals surface area contributed by atoms with E-state index >= 15 is 0 Å². The van der Waals surface area contributed by atoms with E-state index in [1.54, 1.807) is 0 Å². The zero-order valence-electron chi connectivity index (χ0n) is 3.26. The van der Waals surface area contributed by atoms with Gasteiger partial charge in [-0.05, 0) is 0 Å². The van der Waals surface area contributed by atoms with E-state index in [4.69, 9.17) is 15.6 Å². The quantitative estimate of drug-likeness (QED) is 0.284. The first kappa shape index (κ1) is 26.7. The molecular weight excluding hydrogens is 154 g/mol. The molecule has 7 heavy (non-hydrogen) atoms. The molecular formula is H6CuN3O3-3. The second-order valence-electron chi connectivity index (χ2n) is 0. The summed E-state index contributed by atoms with van der Waals surface area (Å²) >= 11 is 0. The first-order valence-corrected chi connectivity index (χ1v) is 0.707. The van der Waals surface area contributed by atoms with Gasteiger partial charge in [-0.25, -0.2) is 0 Å². The third-order valence-corrected chi connectivity index (χ3v) is 0. The SMILES string of the molecule is N[O-].N[O-].N[O-].[Cu]. The van der Waals surface area contributed by atoms with Crippen LogP contribution in [0, 0.1) is 15.6 Å². The second-order valence-corrected chi connectivity index (χ2v) is 0. The summed E-state index contributed by atoms with van der Waals surface area (Å²) in [5, 5.41) is 23.2. The molecule has 0 saturated heterocycles. The van der Waals surface area contributed by atoms with Gasteiger partial charge in [-0.3, -0.25) is 0 Å². The molecule has 0 spiro atoms. The molecule has 0 heterocycles. The van der Waals surface area contributed by atoms with Crippen LogP contribution in [0.15, 0.2) is 0 Å². The predicted octanol–water partition coefficient (Wildman–Crippen LogP) is -1.67. The minimum atomic E-state index is 0. The van der Waals surface area contributed by atoms with E-state index in [0.717, 1.165) is 0 Å². The van der Waals surface area contributed by atoms with Crippen LogP contribution in [0.3, 0.4) is 0 Å². The molecule has 7 heteroatoms. The van der Waals surface area contributed by atoms with Crippen molar-refractivity contribution in [3.05, 3.63) is 15.6 Å². The number of hydrogen-bond donors (Lipinski definition) is 3. The zero-order valence-corrected chi connectivity index (χ0v) is 4.20. The van der Waals surface area contributed by atoms with Crippen molar-refractivity contribution in [3.8, 4) is 0 Å². The fourth-order valence-corrected chi connectivity index (χ4v) is 0. The van der Waals surface area contributed by atoms with E-state index in [-0.39, 0.29) is 17.1 Å². The van der Waals surface area contributed by atoms with Crippen LogP contribution in [0.5, 0.6) is 0 Å². The van der Waals surface area contributed by atoms with Gasteiger partial charge in [0.05, 0.1) is 0 Å². The van der Waals surface area contributed by atoms with Gasteiger partial charge in [-0.1, -0.05) is 0 Å². The van der Waals surface area contributed by atoms with Gasteiger partial charge in [0.25, 0.3) is 0 Å². The van der Waals surface area contributed by atoms with E-state index in [2.05, 4.69) is 17.7 Å². The average molecular weight is 160 g/mol. The molecule has 0 aromatic heterocycles. The van der Waals surface area contributed by atoms with Crippen LogP contribution in [0.1, 0.15) is 0 Å². The number of hydrogen-bond acceptors (Lipinski definition) is 6. The first-order chi connectivity index (χ1) is 3.00. The standard InChI is InChI=1S/Cu.3H2NO/c;3*1-2/h;3*1H2/q;3*-1. The second kappa shape index (κ2) is 2240. The first-order valence-electron chi connectivity index (χ1n) is 0.707. The molecule has 6 nitrogen and oxygen atoms in total. The van der Waals surface area contributed by atoms with Crippen LogP contribution in [0.2, 0.25) is 0 Å². The van der Waals surface area contributed by atoms with Gasteiger partial charge < -0.3 is 33.3 Å². The molecule has 0 aliphatic heterocycles. The molecule has 0 unspecified atom stereocenters. The Hall–Kier alpha value is 0.279. The molecule has 0 saturated carbocycles. The van der Waals surface area contributed by atoms with Crippen molar-refractivity contribution >= 4 is 0 Å². The molecule has 0 aromatic carbocycles. The maximum Gasteiger partial charge on any atom is 0 e. The molecule has 1 radical (unpaired) electrons. The van der Waals surface area contributed by atoms with Crippen molar-refractivity contribution in [1.29, 1.82) is 0 Å². The van der Waals surface area contributed by atoms with Gasteiger partial charge in [0.2, 0.25) is 0 Å². The third kappa shape index (κ3) is 1470. The normalized spacial score (nSPS) is 2.57. The Morgan fingerprint density at radius 1 is 0.571 bits per heavy atom. The Balaban J connectivity index is -0.00000000900. The van der Waals surface area contributed by atoms with Crippen LogP contribution >= 0.6 is 0 Å². The maximum atomic E-state index is 7.75. The Morgan fingerprint density at radius 3 is 0.571 bits per heavy atom. The molecule has 6 N–H and O–H groups in total. The van der Waals surface area contributed by atoms with Crippen molar-refractivity contribution in [1.82, 2.24) is 0 Å². The summed E-state index contributed by atoms with van der Waals surface area (Å²) < 4.78 is 0.